The molecule has 0 aromatic heterocycles. The Morgan fingerprint density at radius 3 is 1.86 bits per heavy atom. The van der Waals surface area contributed by atoms with Gasteiger partial charge in [0.1, 0.15) is 0 Å². The van der Waals surface area contributed by atoms with E-state index in [0.717, 1.165) is 23.7 Å². The second-order valence-corrected chi connectivity index (χ2v) is 11.2. The van der Waals surface area contributed by atoms with Crippen LogP contribution in [-0.2, 0) is 0 Å². The molecule has 3 aliphatic rings. The predicted octanol–water partition coefficient (Wildman–Crippen LogP) is 9.07. The fourth-order valence-corrected chi connectivity index (χ4v) is 7.35. The van der Waals surface area contributed by atoms with Crippen LogP contribution >= 0.6 is 0 Å². The van der Waals surface area contributed by atoms with Crippen LogP contribution in [0.5, 0.6) is 0 Å². The Kier molecular flexibility index (Phi) is 9.40. The average Bonchev–Trinajstić information content (AvgIpc) is 2.79. The van der Waals surface area contributed by atoms with Crippen molar-refractivity contribution in [2.75, 3.05) is 0 Å². The van der Waals surface area contributed by atoms with E-state index < -0.39 is 0 Å². The van der Waals surface area contributed by atoms with E-state index in [1.54, 1.807) is 0 Å². The lowest BCUT2D eigenvalue weighted by Crippen LogP contribution is -2.37. The Morgan fingerprint density at radius 2 is 1.28 bits per heavy atom. The lowest BCUT2D eigenvalue weighted by molar-refractivity contribution is 0.0608. The van der Waals surface area contributed by atoms with Crippen molar-refractivity contribution in [2.45, 2.75) is 136 Å². The van der Waals surface area contributed by atoms with Crippen LogP contribution in [0.3, 0.4) is 0 Å². The summed E-state index contributed by atoms with van der Waals surface area (Å²) in [6, 6.07) is 2.89. The van der Waals surface area contributed by atoms with Gasteiger partial charge in [0.2, 0.25) is 0 Å². The van der Waals surface area contributed by atoms with Crippen LogP contribution in [0.1, 0.15) is 136 Å². The molecule has 1 heteroatoms. The van der Waals surface area contributed by atoms with Crippen molar-refractivity contribution >= 4 is 0 Å². The molecule has 3 aliphatic carbocycles. The first-order chi connectivity index (χ1) is 14.2. The van der Waals surface area contributed by atoms with Crippen molar-refractivity contribution in [3.63, 3.8) is 0 Å². The molecule has 0 atom stereocenters. The first-order valence-corrected chi connectivity index (χ1v) is 13.6. The highest BCUT2D eigenvalue weighted by atomic mass is 14.5. The minimum atomic E-state index is 0.0465. The van der Waals surface area contributed by atoms with Crippen molar-refractivity contribution in [1.82, 2.24) is 0 Å². The maximum Gasteiger partial charge on any atom is 0.0692 e. The normalized spacial score (nSPS) is 38.4. The van der Waals surface area contributed by atoms with E-state index in [2.05, 4.69) is 19.9 Å². The lowest BCUT2D eigenvalue weighted by Gasteiger charge is -2.45. The molecule has 166 valence electrons. The summed E-state index contributed by atoms with van der Waals surface area (Å²) in [6.45, 7) is 4.65. The molecule has 0 bridgehead atoms. The maximum atomic E-state index is 10.1. The van der Waals surface area contributed by atoms with E-state index >= 15 is 0 Å². The van der Waals surface area contributed by atoms with Gasteiger partial charge in [-0.1, -0.05) is 84.5 Å². The van der Waals surface area contributed by atoms with E-state index in [1.165, 1.54) is 122 Å². The van der Waals surface area contributed by atoms with Crippen LogP contribution in [0, 0.1) is 46.3 Å². The van der Waals surface area contributed by atoms with Crippen LogP contribution in [0.15, 0.2) is 0 Å². The summed E-state index contributed by atoms with van der Waals surface area (Å²) in [7, 11) is 0. The molecular weight excluding hydrogens is 350 g/mol. The average molecular weight is 400 g/mol. The molecule has 1 nitrogen and oxygen atoms in total. The Balaban J connectivity index is 1.38. The lowest BCUT2D eigenvalue weighted by atomic mass is 9.58. The Labute approximate surface area is 182 Å². The number of rotatable bonds is 9. The van der Waals surface area contributed by atoms with Crippen LogP contribution in [0.25, 0.3) is 0 Å². The first kappa shape index (κ1) is 23.2. The van der Waals surface area contributed by atoms with Gasteiger partial charge in [-0.15, -0.1) is 0 Å². The van der Waals surface area contributed by atoms with Gasteiger partial charge in [-0.05, 0) is 81.0 Å². The summed E-state index contributed by atoms with van der Waals surface area (Å²) in [5.41, 5.74) is 0.0465. The zero-order valence-electron chi connectivity index (χ0n) is 19.8. The zero-order chi connectivity index (χ0) is 20.5. The molecule has 0 amide bonds. The summed E-state index contributed by atoms with van der Waals surface area (Å²) < 4.78 is 0. The van der Waals surface area contributed by atoms with Crippen molar-refractivity contribution in [2.24, 2.45) is 35.0 Å². The van der Waals surface area contributed by atoms with Crippen molar-refractivity contribution in [1.29, 1.82) is 5.26 Å². The molecule has 0 aromatic carbocycles. The molecule has 3 rings (SSSR count). The monoisotopic (exact) mass is 399 g/mol. The summed E-state index contributed by atoms with van der Waals surface area (Å²) in [4.78, 5) is 0. The number of nitrogens with zero attached hydrogens (tertiary/aromatic N) is 1. The van der Waals surface area contributed by atoms with E-state index in [-0.39, 0.29) is 5.41 Å². The smallest absolute Gasteiger partial charge is 0.0692 e. The van der Waals surface area contributed by atoms with Gasteiger partial charge in [0, 0.05) is 0 Å². The highest BCUT2D eigenvalue weighted by Gasteiger charge is 2.44. The number of hydrogen-bond acceptors (Lipinski definition) is 1. The highest BCUT2D eigenvalue weighted by Crippen LogP contribution is 2.52. The third-order valence-corrected chi connectivity index (χ3v) is 9.62. The van der Waals surface area contributed by atoms with Gasteiger partial charge in [0.05, 0.1) is 11.5 Å². The Bertz CT molecular complexity index is 479. The van der Waals surface area contributed by atoms with E-state index in [1.807, 2.05) is 0 Å². The van der Waals surface area contributed by atoms with Gasteiger partial charge in [-0.2, -0.15) is 5.26 Å². The molecule has 0 saturated heterocycles. The van der Waals surface area contributed by atoms with E-state index in [4.69, 9.17) is 0 Å². The van der Waals surface area contributed by atoms with Crippen molar-refractivity contribution in [3.8, 4) is 6.07 Å². The molecule has 0 N–H and O–H groups in total. The third kappa shape index (κ3) is 6.24. The van der Waals surface area contributed by atoms with Crippen LogP contribution in [0.2, 0.25) is 0 Å². The summed E-state index contributed by atoms with van der Waals surface area (Å²) in [5.74, 6) is 4.61. The number of nitriles is 1. The fourth-order valence-electron chi connectivity index (χ4n) is 7.35. The standard InChI is InChI=1S/C28H49N/c1-3-5-6-7-8-9-24-10-14-25(15-11-24)26-18-20-28(22-29,21-19-26)27-16-12-23(4-2)13-17-27/h23-27H,3-21H2,1-2H3/t23?,24?,25?,26-,27?,28-. The highest BCUT2D eigenvalue weighted by molar-refractivity contribution is 5.06. The van der Waals surface area contributed by atoms with Crippen LogP contribution in [0.4, 0.5) is 0 Å². The summed E-state index contributed by atoms with van der Waals surface area (Å²) in [6.07, 6.45) is 26.6. The van der Waals surface area contributed by atoms with Gasteiger partial charge in [0.15, 0.2) is 0 Å². The fraction of sp³-hybridized carbons (Fsp3) is 0.964. The number of unbranched alkanes of at least 4 members (excludes halogenated alkanes) is 4. The Morgan fingerprint density at radius 1 is 0.690 bits per heavy atom. The van der Waals surface area contributed by atoms with E-state index in [0.29, 0.717) is 5.92 Å². The SMILES string of the molecule is CCCCCCCC1CCC([C@H]2CC[C@](C#N)(C3CCC(CC)CC3)CC2)CC1. The molecule has 0 aromatic rings. The first-order valence-electron chi connectivity index (χ1n) is 13.6. The minimum Gasteiger partial charge on any atom is -0.198 e. The zero-order valence-corrected chi connectivity index (χ0v) is 19.8. The summed E-state index contributed by atoms with van der Waals surface area (Å²) >= 11 is 0. The van der Waals surface area contributed by atoms with Gasteiger partial charge in [-0.25, -0.2) is 0 Å². The second-order valence-electron chi connectivity index (χ2n) is 11.2. The third-order valence-electron chi connectivity index (χ3n) is 9.62. The van der Waals surface area contributed by atoms with E-state index in [9.17, 15) is 5.26 Å². The topological polar surface area (TPSA) is 23.8 Å². The van der Waals surface area contributed by atoms with Gasteiger partial charge >= 0.3 is 0 Å². The summed E-state index contributed by atoms with van der Waals surface area (Å²) in [5, 5.41) is 10.1. The molecular formula is C28H49N. The molecule has 29 heavy (non-hydrogen) atoms. The number of hydrogen-bond donors (Lipinski definition) is 0. The van der Waals surface area contributed by atoms with Crippen LogP contribution in [-0.4, -0.2) is 0 Å². The van der Waals surface area contributed by atoms with Crippen LogP contribution < -0.4 is 0 Å². The van der Waals surface area contributed by atoms with Crippen molar-refractivity contribution in [3.05, 3.63) is 0 Å². The molecule has 0 spiro atoms. The molecule has 0 heterocycles. The molecule has 3 saturated carbocycles. The minimum absolute atomic E-state index is 0.0465. The molecule has 0 unspecified atom stereocenters. The largest absolute Gasteiger partial charge is 0.198 e. The predicted molar refractivity (Wildman–Crippen MR) is 125 cm³/mol. The molecule has 0 aliphatic heterocycles. The molecule has 0 radical (unpaired) electrons. The van der Waals surface area contributed by atoms with Gasteiger partial charge in [-0.3, -0.25) is 0 Å². The van der Waals surface area contributed by atoms with Gasteiger partial charge < -0.3 is 0 Å². The molecule has 3 fully saturated rings. The van der Waals surface area contributed by atoms with Crippen molar-refractivity contribution < 1.29 is 0 Å². The Hall–Kier alpha value is -0.510. The van der Waals surface area contributed by atoms with Gasteiger partial charge in [0.25, 0.3) is 0 Å². The quantitative estimate of drug-likeness (QED) is 0.355. The maximum absolute atomic E-state index is 10.1. The second kappa shape index (κ2) is 11.8.